The molecular formula is C11H14ClNO2. The quantitative estimate of drug-likeness (QED) is 0.775. The average Bonchev–Trinajstić information content (AvgIpc) is 2.65. The molecule has 1 aliphatic heterocycles. The van der Waals surface area contributed by atoms with E-state index in [4.69, 9.17) is 10.5 Å². The van der Waals surface area contributed by atoms with Crippen LogP contribution in [0.2, 0.25) is 0 Å². The molecule has 0 saturated carbocycles. The van der Waals surface area contributed by atoms with Gasteiger partial charge >= 0.3 is 0 Å². The molecule has 1 aliphatic rings. The monoisotopic (exact) mass is 227 g/mol. The molecule has 0 amide bonds. The maximum atomic E-state index is 11.9. The van der Waals surface area contributed by atoms with Gasteiger partial charge in [-0.25, -0.2) is 0 Å². The standard InChI is InChI=1S/C11H13NO2.ClH/c12-10-7-14-6-9(10)11(13)8-4-2-1-3-5-8;/h1-5,9-10H,6-7,12H2;1H/t9-,10-;/m1./s1. The minimum Gasteiger partial charge on any atom is -0.379 e. The van der Waals surface area contributed by atoms with Crippen molar-refractivity contribution in [3.8, 4) is 0 Å². The van der Waals surface area contributed by atoms with Gasteiger partial charge in [-0.05, 0) is 0 Å². The van der Waals surface area contributed by atoms with Crippen molar-refractivity contribution in [1.82, 2.24) is 0 Å². The molecule has 0 unspecified atom stereocenters. The Morgan fingerprint density at radius 2 is 1.93 bits per heavy atom. The third-order valence-electron chi connectivity index (χ3n) is 2.52. The number of ketones is 1. The zero-order valence-corrected chi connectivity index (χ0v) is 9.07. The van der Waals surface area contributed by atoms with Crippen molar-refractivity contribution in [2.45, 2.75) is 6.04 Å². The summed E-state index contributed by atoms with van der Waals surface area (Å²) in [6, 6.07) is 9.08. The lowest BCUT2D eigenvalue weighted by atomic mass is 9.94. The first-order chi connectivity index (χ1) is 6.79. The van der Waals surface area contributed by atoms with E-state index in [9.17, 15) is 4.79 Å². The molecule has 1 heterocycles. The molecule has 1 saturated heterocycles. The van der Waals surface area contributed by atoms with Crippen LogP contribution in [0.15, 0.2) is 30.3 Å². The van der Waals surface area contributed by atoms with Gasteiger partial charge in [-0.15, -0.1) is 12.4 Å². The molecule has 1 aromatic rings. The summed E-state index contributed by atoms with van der Waals surface area (Å²) >= 11 is 0. The fourth-order valence-corrected chi connectivity index (χ4v) is 1.66. The van der Waals surface area contributed by atoms with Crippen molar-refractivity contribution in [1.29, 1.82) is 0 Å². The van der Waals surface area contributed by atoms with Crippen LogP contribution in [0, 0.1) is 5.92 Å². The number of nitrogens with two attached hydrogens (primary N) is 1. The van der Waals surface area contributed by atoms with Crippen molar-refractivity contribution in [3.05, 3.63) is 35.9 Å². The van der Waals surface area contributed by atoms with E-state index in [0.717, 1.165) is 5.56 Å². The summed E-state index contributed by atoms with van der Waals surface area (Å²) < 4.78 is 5.17. The highest BCUT2D eigenvalue weighted by Gasteiger charge is 2.31. The number of hydrogen-bond acceptors (Lipinski definition) is 3. The molecule has 1 fully saturated rings. The first-order valence-corrected chi connectivity index (χ1v) is 4.71. The second kappa shape index (κ2) is 5.26. The molecule has 2 atom stereocenters. The van der Waals surface area contributed by atoms with Crippen LogP contribution in [0.1, 0.15) is 10.4 Å². The number of ether oxygens (including phenoxy) is 1. The molecular weight excluding hydrogens is 214 g/mol. The van der Waals surface area contributed by atoms with E-state index < -0.39 is 0 Å². The zero-order chi connectivity index (χ0) is 9.97. The Kier molecular flexibility index (Phi) is 4.27. The van der Waals surface area contributed by atoms with Crippen LogP contribution in [0.4, 0.5) is 0 Å². The Morgan fingerprint density at radius 1 is 1.27 bits per heavy atom. The second-order valence-electron chi connectivity index (χ2n) is 3.54. The van der Waals surface area contributed by atoms with Crippen molar-refractivity contribution in [2.24, 2.45) is 11.7 Å². The smallest absolute Gasteiger partial charge is 0.169 e. The highest BCUT2D eigenvalue weighted by molar-refractivity contribution is 5.98. The summed E-state index contributed by atoms with van der Waals surface area (Å²) in [5.41, 5.74) is 6.49. The van der Waals surface area contributed by atoms with E-state index in [1.807, 2.05) is 30.3 Å². The Morgan fingerprint density at radius 3 is 2.47 bits per heavy atom. The molecule has 0 aliphatic carbocycles. The fraction of sp³-hybridized carbons (Fsp3) is 0.364. The van der Waals surface area contributed by atoms with Crippen molar-refractivity contribution in [2.75, 3.05) is 13.2 Å². The fourth-order valence-electron chi connectivity index (χ4n) is 1.66. The van der Waals surface area contributed by atoms with Gasteiger partial charge in [-0.1, -0.05) is 30.3 Å². The van der Waals surface area contributed by atoms with Gasteiger partial charge in [-0.2, -0.15) is 0 Å². The molecule has 1 aromatic carbocycles. The van der Waals surface area contributed by atoms with E-state index in [1.165, 1.54) is 0 Å². The van der Waals surface area contributed by atoms with Gasteiger partial charge in [0.15, 0.2) is 5.78 Å². The lowest BCUT2D eigenvalue weighted by Crippen LogP contribution is -2.34. The topological polar surface area (TPSA) is 52.3 Å². The molecule has 0 spiro atoms. The lowest BCUT2D eigenvalue weighted by molar-refractivity contribution is 0.0896. The minimum atomic E-state index is -0.169. The summed E-state index contributed by atoms with van der Waals surface area (Å²) in [5.74, 6) is -0.0759. The number of halogens is 1. The second-order valence-corrected chi connectivity index (χ2v) is 3.54. The minimum absolute atomic E-state index is 0. The Hall–Kier alpha value is -0.900. The number of Topliss-reactive ketones (excluding diaryl/α,β-unsaturated/α-hetero) is 1. The highest BCUT2D eigenvalue weighted by atomic mass is 35.5. The number of hydrogen-bond donors (Lipinski definition) is 1. The highest BCUT2D eigenvalue weighted by Crippen LogP contribution is 2.17. The van der Waals surface area contributed by atoms with Gasteiger partial charge in [0.05, 0.1) is 19.1 Å². The summed E-state index contributed by atoms with van der Waals surface area (Å²) in [6.07, 6.45) is 0. The summed E-state index contributed by atoms with van der Waals surface area (Å²) in [7, 11) is 0. The number of carbonyl (C=O) groups is 1. The van der Waals surface area contributed by atoms with E-state index in [1.54, 1.807) is 0 Å². The Labute approximate surface area is 95.0 Å². The molecule has 4 heteroatoms. The summed E-state index contributed by atoms with van der Waals surface area (Å²) in [5, 5.41) is 0. The maximum absolute atomic E-state index is 11.9. The summed E-state index contributed by atoms with van der Waals surface area (Å²) in [4.78, 5) is 11.9. The third-order valence-corrected chi connectivity index (χ3v) is 2.52. The maximum Gasteiger partial charge on any atom is 0.169 e. The molecule has 2 N–H and O–H groups in total. The summed E-state index contributed by atoms with van der Waals surface area (Å²) in [6.45, 7) is 0.943. The molecule has 2 rings (SSSR count). The Balaban J connectivity index is 0.00000112. The van der Waals surface area contributed by atoms with Crippen LogP contribution in [-0.2, 0) is 4.74 Å². The molecule has 15 heavy (non-hydrogen) atoms. The molecule has 82 valence electrons. The average molecular weight is 228 g/mol. The van der Waals surface area contributed by atoms with E-state index in [0.29, 0.717) is 13.2 Å². The molecule has 3 nitrogen and oxygen atoms in total. The van der Waals surface area contributed by atoms with Crippen molar-refractivity contribution >= 4 is 18.2 Å². The van der Waals surface area contributed by atoms with Crippen LogP contribution in [0.3, 0.4) is 0 Å². The third kappa shape index (κ3) is 2.56. The lowest BCUT2D eigenvalue weighted by Gasteiger charge is -2.11. The van der Waals surface area contributed by atoms with Crippen LogP contribution in [0.25, 0.3) is 0 Å². The first kappa shape index (κ1) is 12.2. The number of benzene rings is 1. The van der Waals surface area contributed by atoms with Gasteiger partial charge in [0.25, 0.3) is 0 Å². The van der Waals surface area contributed by atoms with Crippen molar-refractivity contribution < 1.29 is 9.53 Å². The van der Waals surface area contributed by atoms with E-state index in [-0.39, 0.29) is 30.2 Å². The largest absolute Gasteiger partial charge is 0.379 e. The van der Waals surface area contributed by atoms with Gasteiger partial charge in [-0.3, -0.25) is 4.79 Å². The predicted molar refractivity (Wildman–Crippen MR) is 60.3 cm³/mol. The van der Waals surface area contributed by atoms with Crippen LogP contribution < -0.4 is 5.73 Å². The number of carbonyl (C=O) groups excluding carboxylic acids is 1. The van der Waals surface area contributed by atoms with E-state index >= 15 is 0 Å². The van der Waals surface area contributed by atoms with Crippen molar-refractivity contribution in [3.63, 3.8) is 0 Å². The first-order valence-electron chi connectivity index (χ1n) is 4.71. The SMILES string of the molecule is Cl.N[C@@H]1COC[C@H]1C(=O)c1ccccc1. The molecule has 0 bridgehead atoms. The van der Waals surface area contributed by atoms with Crippen LogP contribution >= 0.6 is 12.4 Å². The van der Waals surface area contributed by atoms with Gasteiger partial charge < -0.3 is 10.5 Å². The van der Waals surface area contributed by atoms with Gasteiger partial charge in [0, 0.05) is 11.6 Å². The zero-order valence-electron chi connectivity index (χ0n) is 8.26. The molecule has 0 radical (unpaired) electrons. The van der Waals surface area contributed by atoms with Crippen LogP contribution in [0.5, 0.6) is 0 Å². The number of rotatable bonds is 2. The predicted octanol–water partition coefficient (Wildman–Crippen LogP) is 1.26. The molecule has 0 aromatic heterocycles. The Bertz CT molecular complexity index is 329. The van der Waals surface area contributed by atoms with Gasteiger partial charge in [0.1, 0.15) is 0 Å². The van der Waals surface area contributed by atoms with Crippen LogP contribution in [-0.4, -0.2) is 25.0 Å². The van der Waals surface area contributed by atoms with Gasteiger partial charge in [0.2, 0.25) is 0 Å². The normalized spacial score (nSPS) is 24.6. The van der Waals surface area contributed by atoms with E-state index in [2.05, 4.69) is 0 Å².